The first-order valence-corrected chi connectivity index (χ1v) is 9.75. The number of nitrogens with one attached hydrogen (secondary N) is 1. The second kappa shape index (κ2) is 8.79. The molecule has 0 spiro atoms. The van der Waals surface area contributed by atoms with Crippen molar-refractivity contribution in [3.05, 3.63) is 65.7 Å². The number of rotatable bonds is 7. The first kappa shape index (κ1) is 19.8. The van der Waals surface area contributed by atoms with Gasteiger partial charge in [-0.1, -0.05) is 54.2 Å². The van der Waals surface area contributed by atoms with Crippen LogP contribution >= 0.6 is 11.8 Å². The highest BCUT2D eigenvalue weighted by Gasteiger charge is 2.25. The van der Waals surface area contributed by atoms with Gasteiger partial charge >= 0.3 is 0 Å². The predicted octanol–water partition coefficient (Wildman–Crippen LogP) is 3.93. The average Bonchev–Trinajstić information content (AvgIpc) is 3.15. The van der Waals surface area contributed by atoms with E-state index < -0.39 is 5.25 Å². The molecule has 0 saturated heterocycles. The molecule has 1 amide bonds. The van der Waals surface area contributed by atoms with Crippen molar-refractivity contribution in [2.75, 3.05) is 5.32 Å². The largest absolute Gasteiger partial charge is 0.325 e. The van der Waals surface area contributed by atoms with Gasteiger partial charge in [0.1, 0.15) is 5.25 Å². The minimum Gasteiger partial charge on any atom is -0.325 e. The lowest BCUT2D eigenvalue weighted by atomic mass is 10.1. The molecule has 28 heavy (non-hydrogen) atoms. The number of tetrazole rings is 1. The molecule has 2 aromatic carbocycles. The van der Waals surface area contributed by atoms with Crippen LogP contribution in [0.5, 0.6) is 0 Å². The Labute approximate surface area is 167 Å². The van der Waals surface area contributed by atoms with E-state index in [0.717, 1.165) is 5.56 Å². The first-order valence-electron chi connectivity index (χ1n) is 8.87. The summed E-state index contributed by atoms with van der Waals surface area (Å²) < 4.78 is 1.68. The van der Waals surface area contributed by atoms with Gasteiger partial charge in [0.15, 0.2) is 5.78 Å². The molecule has 3 rings (SSSR count). The number of amides is 1. The fourth-order valence-corrected chi connectivity index (χ4v) is 3.73. The van der Waals surface area contributed by atoms with Gasteiger partial charge in [0, 0.05) is 11.3 Å². The van der Waals surface area contributed by atoms with Crippen molar-refractivity contribution in [1.29, 1.82) is 0 Å². The number of anilines is 1. The van der Waals surface area contributed by atoms with Crippen LogP contribution in [0.3, 0.4) is 0 Å². The Morgan fingerprint density at radius 1 is 1.07 bits per heavy atom. The van der Waals surface area contributed by atoms with Crippen LogP contribution in [0.15, 0.2) is 59.8 Å². The monoisotopic (exact) mass is 395 g/mol. The summed E-state index contributed by atoms with van der Waals surface area (Å²) in [5, 5.41) is 14.7. The second-order valence-electron chi connectivity index (χ2n) is 6.53. The number of aromatic nitrogens is 4. The summed E-state index contributed by atoms with van der Waals surface area (Å²) in [5.74, 6) is -0.267. The van der Waals surface area contributed by atoms with Gasteiger partial charge in [-0.2, -0.15) is 0 Å². The maximum Gasteiger partial charge on any atom is 0.242 e. The standard InChI is InChI=1S/C20H21N5O2S/c1-13(2)25-20(22-23-24-25)28-18(15-8-5-4-6-9-15)19(27)21-17-11-7-10-16(12-17)14(3)26/h4-13,18H,1-3H3,(H,21,27). The molecular weight excluding hydrogens is 374 g/mol. The lowest BCUT2D eigenvalue weighted by Crippen LogP contribution is -2.20. The number of ketones is 1. The van der Waals surface area contributed by atoms with E-state index in [0.29, 0.717) is 16.4 Å². The molecule has 8 heteroatoms. The highest BCUT2D eigenvalue weighted by atomic mass is 32.2. The van der Waals surface area contributed by atoms with Crippen molar-refractivity contribution >= 4 is 29.1 Å². The van der Waals surface area contributed by atoms with Gasteiger partial charge in [-0.05, 0) is 48.9 Å². The average molecular weight is 395 g/mol. The van der Waals surface area contributed by atoms with Crippen LogP contribution in [-0.2, 0) is 4.79 Å². The Hall–Kier alpha value is -3.00. The van der Waals surface area contributed by atoms with Crippen LogP contribution in [0.4, 0.5) is 5.69 Å². The number of carbonyl (C=O) groups excluding carboxylic acids is 2. The zero-order valence-electron chi connectivity index (χ0n) is 15.9. The minimum absolute atomic E-state index is 0.0545. The van der Waals surface area contributed by atoms with Crippen LogP contribution in [0, 0.1) is 0 Å². The molecular formula is C20H21N5O2S. The molecule has 1 aromatic heterocycles. The number of carbonyl (C=O) groups is 2. The Balaban J connectivity index is 1.88. The van der Waals surface area contributed by atoms with Gasteiger partial charge in [0.25, 0.3) is 0 Å². The van der Waals surface area contributed by atoms with Crippen LogP contribution in [0.25, 0.3) is 0 Å². The number of hydrogen-bond donors (Lipinski definition) is 1. The molecule has 0 aliphatic rings. The molecule has 0 aliphatic carbocycles. The van der Waals surface area contributed by atoms with E-state index >= 15 is 0 Å². The summed E-state index contributed by atoms with van der Waals surface area (Å²) in [6, 6.07) is 16.4. The lowest BCUT2D eigenvalue weighted by Gasteiger charge is -2.17. The zero-order valence-corrected chi connectivity index (χ0v) is 16.7. The van der Waals surface area contributed by atoms with Crippen LogP contribution in [0.1, 0.15) is 48.0 Å². The molecule has 144 valence electrons. The van der Waals surface area contributed by atoms with E-state index in [-0.39, 0.29) is 17.7 Å². The summed E-state index contributed by atoms with van der Waals surface area (Å²) >= 11 is 1.29. The van der Waals surface area contributed by atoms with Crippen LogP contribution < -0.4 is 5.32 Å². The van der Waals surface area contributed by atoms with E-state index in [1.165, 1.54) is 18.7 Å². The molecule has 3 aromatic rings. The SMILES string of the molecule is CC(=O)c1cccc(NC(=O)C(Sc2nnnn2C(C)C)c2ccccc2)c1. The van der Waals surface area contributed by atoms with E-state index in [1.54, 1.807) is 28.9 Å². The van der Waals surface area contributed by atoms with Crippen molar-refractivity contribution in [2.45, 2.75) is 37.2 Å². The van der Waals surface area contributed by atoms with Crippen LogP contribution in [0.2, 0.25) is 0 Å². The van der Waals surface area contributed by atoms with E-state index in [1.807, 2.05) is 44.2 Å². The van der Waals surface area contributed by atoms with Crippen molar-refractivity contribution in [2.24, 2.45) is 0 Å². The van der Waals surface area contributed by atoms with Crippen LogP contribution in [-0.4, -0.2) is 31.9 Å². The normalized spacial score (nSPS) is 12.0. The highest BCUT2D eigenvalue weighted by molar-refractivity contribution is 8.00. The van der Waals surface area contributed by atoms with Gasteiger partial charge in [0.2, 0.25) is 11.1 Å². The number of benzene rings is 2. The molecule has 0 fully saturated rings. The second-order valence-corrected chi connectivity index (χ2v) is 7.61. The summed E-state index contributed by atoms with van der Waals surface area (Å²) in [4.78, 5) is 24.7. The minimum atomic E-state index is -0.550. The Kier molecular flexibility index (Phi) is 6.20. The smallest absolute Gasteiger partial charge is 0.242 e. The molecule has 0 bridgehead atoms. The number of hydrogen-bond acceptors (Lipinski definition) is 6. The summed E-state index contributed by atoms with van der Waals surface area (Å²) in [7, 11) is 0. The summed E-state index contributed by atoms with van der Waals surface area (Å²) in [6.45, 7) is 5.45. The van der Waals surface area contributed by atoms with Crippen molar-refractivity contribution in [3.8, 4) is 0 Å². The van der Waals surface area contributed by atoms with Gasteiger partial charge < -0.3 is 5.32 Å². The topological polar surface area (TPSA) is 89.8 Å². The zero-order chi connectivity index (χ0) is 20.1. The van der Waals surface area contributed by atoms with Crippen molar-refractivity contribution in [1.82, 2.24) is 20.2 Å². The van der Waals surface area contributed by atoms with Crippen molar-refractivity contribution < 1.29 is 9.59 Å². The lowest BCUT2D eigenvalue weighted by molar-refractivity contribution is -0.115. The molecule has 1 heterocycles. The molecule has 0 aliphatic heterocycles. The van der Waals surface area contributed by atoms with Gasteiger partial charge in [-0.25, -0.2) is 4.68 Å². The summed E-state index contributed by atoms with van der Waals surface area (Å²) in [5.41, 5.74) is 1.96. The number of thioether (sulfide) groups is 1. The third-order valence-corrected chi connectivity index (χ3v) is 5.25. The third-order valence-electron chi connectivity index (χ3n) is 4.05. The van der Waals surface area contributed by atoms with Gasteiger partial charge in [-0.3, -0.25) is 9.59 Å². The molecule has 1 N–H and O–H groups in total. The van der Waals surface area contributed by atoms with Crippen molar-refractivity contribution in [3.63, 3.8) is 0 Å². The Morgan fingerprint density at radius 3 is 2.50 bits per heavy atom. The van der Waals surface area contributed by atoms with E-state index in [4.69, 9.17) is 0 Å². The molecule has 0 saturated carbocycles. The highest BCUT2D eigenvalue weighted by Crippen LogP contribution is 2.35. The van der Waals surface area contributed by atoms with Gasteiger partial charge in [0.05, 0.1) is 6.04 Å². The fraction of sp³-hybridized carbons (Fsp3) is 0.250. The molecule has 1 atom stereocenters. The fourth-order valence-electron chi connectivity index (χ4n) is 2.62. The summed E-state index contributed by atoms with van der Waals surface area (Å²) in [6.07, 6.45) is 0. The third kappa shape index (κ3) is 4.64. The van der Waals surface area contributed by atoms with Gasteiger partial charge in [-0.15, -0.1) is 5.10 Å². The predicted molar refractivity (Wildman–Crippen MR) is 108 cm³/mol. The molecule has 7 nitrogen and oxygen atoms in total. The maximum atomic E-state index is 13.1. The quantitative estimate of drug-likeness (QED) is 0.482. The Bertz CT molecular complexity index is 971. The Morgan fingerprint density at radius 2 is 1.82 bits per heavy atom. The maximum absolute atomic E-state index is 13.1. The van der Waals surface area contributed by atoms with E-state index in [2.05, 4.69) is 20.8 Å². The molecule has 0 radical (unpaired) electrons. The number of nitrogens with zero attached hydrogens (tertiary/aromatic N) is 4. The first-order chi connectivity index (χ1) is 13.5. The number of Topliss-reactive ketones (excluding diaryl/α,β-unsaturated/α-hetero) is 1. The van der Waals surface area contributed by atoms with E-state index in [9.17, 15) is 9.59 Å². The molecule has 1 unspecified atom stereocenters.